The molecule has 0 saturated carbocycles. The average molecular weight is 335 g/mol. The van der Waals surface area contributed by atoms with Crippen LogP contribution in [0.15, 0.2) is 24.5 Å². The molecule has 1 heterocycles. The molecular weight excluding hydrogens is 309 g/mol. The van der Waals surface area contributed by atoms with Crippen molar-refractivity contribution < 1.29 is 28.5 Å². The molecule has 0 aliphatic rings. The zero-order valence-corrected chi connectivity index (χ0v) is 13.2. The van der Waals surface area contributed by atoms with Gasteiger partial charge in [0.1, 0.15) is 7.05 Å². The number of unbranched alkanes of at least 4 members (excludes halogenated alkanes) is 5. The minimum absolute atomic E-state index is 0. The fourth-order valence-corrected chi connectivity index (χ4v) is 1.81. The van der Waals surface area contributed by atoms with E-state index in [1.54, 1.807) is 0 Å². The van der Waals surface area contributed by atoms with E-state index >= 15 is 0 Å². The number of hydrogen-bond acceptors (Lipinski definition) is 0. The highest BCUT2D eigenvalue weighted by Gasteiger charge is 1.96. The Hall–Kier alpha value is -0.120. The second-order valence-corrected chi connectivity index (χ2v) is 4.39. The predicted octanol–water partition coefficient (Wildman–Crippen LogP) is -0.117. The van der Waals surface area contributed by atoms with Crippen LogP contribution in [0.3, 0.4) is 0 Å². The summed E-state index contributed by atoms with van der Waals surface area (Å²) in [7, 11) is 2.06. The fourth-order valence-electron chi connectivity index (χ4n) is 1.81. The van der Waals surface area contributed by atoms with E-state index in [1.807, 2.05) is 0 Å². The normalized spacial score (nSPS) is 9.88. The summed E-state index contributed by atoms with van der Waals surface area (Å²) in [6, 6.07) is 4.46. The summed E-state index contributed by atoms with van der Waals surface area (Å²) in [6.07, 6.45) is 13.8. The first kappa shape index (κ1) is 15.9. The molecule has 0 atom stereocenters. The highest BCUT2D eigenvalue weighted by Crippen LogP contribution is 2.08. The van der Waals surface area contributed by atoms with Gasteiger partial charge in [-0.25, -0.2) is 4.57 Å². The first-order valence-electron chi connectivity index (χ1n) is 6.27. The molecule has 1 nitrogen and oxygen atoms in total. The molecule has 0 aliphatic heterocycles. The minimum atomic E-state index is 0. The van der Waals surface area contributed by atoms with Crippen LogP contribution in [0.1, 0.15) is 51.0 Å². The van der Waals surface area contributed by atoms with E-state index in [1.165, 1.54) is 50.5 Å². The van der Waals surface area contributed by atoms with Gasteiger partial charge in [-0.05, 0) is 18.4 Å². The van der Waals surface area contributed by atoms with Crippen molar-refractivity contribution in [2.24, 2.45) is 7.05 Å². The summed E-state index contributed by atoms with van der Waals surface area (Å²) >= 11 is 0. The topological polar surface area (TPSA) is 3.88 Å². The average Bonchev–Trinajstić information content (AvgIpc) is 2.26. The molecule has 1 aromatic rings. The van der Waals surface area contributed by atoms with Crippen LogP contribution < -0.4 is 28.5 Å². The van der Waals surface area contributed by atoms with E-state index < -0.39 is 0 Å². The van der Waals surface area contributed by atoms with Gasteiger partial charge in [0.2, 0.25) is 24.0 Å². The third-order valence-corrected chi connectivity index (χ3v) is 2.87. The molecule has 0 radical (unpaired) electrons. The van der Waals surface area contributed by atoms with Crippen LogP contribution in [0, 0.1) is 0 Å². The third-order valence-electron chi connectivity index (χ3n) is 2.87. The van der Waals surface area contributed by atoms with E-state index in [-0.39, 0.29) is 24.0 Å². The molecule has 0 fully saturated rings. The summed E-state index contributed by atoms with van der Waals surface area (Å²) in [5.74, 6) is 0. The van der Waals surface area contributed by atoms with Crippen molar-refractivity contribution in [3.63, 3.8) is 0 Å². The van der Waals surface area contributed by atoms with E-state index in [2.05, 4.69) is 43.1 Å². The Kier molecular flexibility index (Phi) is 9.99. The van der Waals surface area contributed by atoms with Gasteiger partial charge < -0.3 is 0 Å². The largest absolute Gasteiger partial charge is 0.235 e. The van der Waals surface area contributed by atoms with Gasteiger partial charge in [-0.2, -0.15) is 0 Å². The van der Waals surface area contributed by atoms with Crippen LogP contribution in [0.2, 0.25) is 0 Å². The number of aryl methyl sites for hydroxylation is 2. The molecule has 0 spiro atoms. The van der Waals surface area contributed by atoms with Gasteiger partial charge in [-0.1, -0.05) is 39.0 Å². The van der Waals surface area contributed by atoms with Crippen LogP contribution in [-0.2, 0) is 13.5 Å². The maximum Gasteiger partial charge on any atom is 0.235 e. The smallest absolute Gasteiger partial charge is 0.208 e. The Morgan fingerprint density at radius 3 is 2.12 bits per heavy atom. The lowest BCUT2D eigenvalue weighted by Crippen LogP contribution is -3.00. The second-order valence-electron chi connectivity index (χ2n) is 4.39. The van der Waals surface area contributed by atoms with Gasteiger partial charge in [0.05, 0.1) is 0 Å². The molecule has 0 bridgehead atoms. The van der Waals surface area contributed by atoms with Crippen molar-refractivity contribution in [1.29, 1.82) is 0 Å². The molecule has 16 heavy (non-hydrogen) atoms. The van der Waals surface area contributed by atoms with Gasteiger partial charge >= 0.3 is 0 Å². The van der Waals surface area contributed by atoms with Crippen molar-refractivity contribution in [3.05, 3.63) is 30.1 Å². The predicted molar refractivity (Wildman–Crippen MR) is 67.5 cm³/mol. The summed E-state index contributed by atoms with van der Waals surface area (Å²) in [5, 5.41) is 0. The Morgan fingerprint density at radius 1 is 0.938 bits per heavy atom. The van der Waals surface area contributed by atoms with Crippen molar-refractivity contribution in [2.45, 2.75) is 51.9 Å². The number of aromatic nitrogens is 1. The first-order chi connectivity index (χ1) is 7.33. The van der Waals surface area contributed by atoms with Gasteiger partial charge in [0.25, 0.3) is 0 Å². The van der Waals surface area contributed by atoms with Gasteiger partial charge in [-0.15, -0.1) is 0 Å². The molecule has 0 saturated heterocycles. The lowest BCUT2D eigenvalue weighted by molar-refractivity contribution is -0.671. The zero-order chi connectivity index (χ0) is 10.9. The SMILES string of the molecule is CCCCCCCCc1cc[n+](C)cc1.[IH2+]. The third kappa shape index (κ3) is 7.20. The molecule has 1 aromatic heterocycles. The minimum Gasteiger partial charge on any atom is -0.208 e. The van der Waals surface area contributed by atoms with Crippen LogP contribution in [0.4, 0.5) is 0 Å². The Balaban J connectivity index is 0.00000225. The highest BCUT2D eigenvalue weighted by atomic mass is 127. The Bertz CT molecular complexity index is 256. The van der Waals surface area contributed by atoms with Crippen LogP contribution in [0.5, 0.6) is 0 Å². The molecule has 1 rings (SSSR count). The maximum atomic E-state index is 2.27. The van der Waals surface area contributed by atoms with Crippen LogP contribution >= 0.6 is 0 Å². The van der Waals surface area contributed by atoms with Crippen molar-refractivity contribution in [3.8, 4) is 0 Å². The van der Waals surface area contributed by atoms with E-state index in [4.69, 9.17) is 0 Å². The Morgan fingerprint density at radius 2 is 1.50 bits per heavy atom. The molecule has 92 valence electrons. The summed E-state index contributed by atoms with van der Waals surface area (Å²) in [5.41, 5.74) is 1.48. The van der Waals surface area contributed by atoms with E-state index in [0.29, 0.717) is 0 Å². The van der Waals surface area contributed by atoms with Crippen molar-refractivity contribution in [2.75, 3.05) is 0 Å². The zero-order valence-electron chi connectivity index (χ0n) is 10.7. The van der Waals surface area contributed by atoms with Crippen molar-refractivity contribution >= 4 is 0 Å². The summed E-state index contributed by atoms with van der Waals surface area (Å²) in [4.78, 5) is 0. The fraction of sp³-hybridized carbons (Fsp3) is 0.643. The standard InChI is InChI=1S/C14H24N.H2I/c1-3-4-5-6-7-8-9-14-10-12-15(2)13-11-14;/h10-13H,3-9H2,1-2H3;1H2/q2*+1. The number of hydrogen-bond donors (Lipinski definition) is 0. The van der Waals surface area contributed by atoms with Gasteiger partial charge in [0, 0.05) is 12.1 Å². The molecule has 0 amide bonds. The van der Waals surface area contributed by atoms with Crippen LogP contribution in [-0.4, -0.2) is 0 Å². The first-order valence-corrected chi connectivity index (χ1v) is 6.27. The maximum absolute atomic E-state index is 2.27. The Labute approximate surface area is 117 Å². The monoisotopic (exact) mass is 335 g/mol. The molecule has 0 N–H and O–H groups in total. The van der Waals surface area contributed by atoms with Gasteiger partial charge in [0.15, 0.2) is 12.4 Å². The molecule has 2 heteroatoms. The number of halogens is 1. The molecule has 0 unspecified atom stereocenters. The molecular formula is C14H26IN+2. The second kappa shape index (κ2) is 10.1. The molecule has 0 aliphatic carbocycles. The van der Waals surface area contributed by atoms with Crippen molar-refractivity contribution in [1.82, 2.24) is 0 Å². The van der Waals surface area contributed by atoms with E-state index in [9.17, 15) is 0 Å². The lowest BCUT2D eigenvalue weighted by Gasteiger charge is -2.00. The lowest BCUT2D eigenvalue weighted by atomic mass is 10.1. The van der Waals surface area contributed by atoms with E-state index in [0.717, 1.165) is 0 Å². The number of nitrogens with zero attached hydrogens (tertiary/aromatic N) is 1. The van der Waals surface area contributed by atoms with Gasteiger partial charge in [-0.3, -0.25) is 0 Å². The quantitative estimate of drug-likeness (QED) is 0.372. The number of rotatable bonds is 7. The highest BCUT2D eigenvalue weighted by molar-refractivity contribution is 5.06. The summed E-state index contributed by atoms with van der Waals surface area (Å²) < 4.78 is 2.09. The van der Waals surface area contributed by atoms with Crippen LogP contribution in [0.25, 0.3) is 0 Å². The number of pyridine rings is 1. The molecule has 0 aromatic carbocycles. The summed E-state index contributed by atoms with van der Waals surface area (Å²) in [6.45, 7) is 2.27.